The van der Waals surface area contributed by atoms with Gasteiger partial charge in [-0.15, -0.1) is 0 Å². The van der Waals surface area contributed by atoms with Crippen LogP contribution in [0.25, 0.3) is 0 Å². The van der Waals surface area contributed by atoms with Crippen molar-refractivity contribution >= 4 is 8.07 Å². The first-order valence-corrected chi connectivity index (χ1v) is 8.30. The highest BCUT2D eigenvalue weighted by molar-refractivity contribution is 6.76. The lowest BCUT2D eigenvalue weighted by Gasteiger charge is -2.19. The van der Waals surface area contributed by atoms with Crippen molar-refractivity contribution in [3.63, 3.8) is 0 Å². The molecule has 0 radical (unpaired) electrons. The molecule has 1 aliphatic rings. The van der Waals surface area contributed by atoms with Crippen molar-refractivity contribution in [1.82, 2.24) is 0 Å². The molecular weight excluding hydrogens is 160 g/mol. The quantitative estimate of drug-likeness (QED) is 0.567. The highest BCUT2D eigenvalue weighted by Crippen LogP contribution is 2.20. The summed E-state index contributed by atoms with van der Waals surface area (Å²) in [5.74, 6) is 0.673. The van der Waals surface area contributed by atoms with Gasteiger partial charge in [-0.1, -0.05) is 56.1 Å². The molecule has 0 amide bonds. The molecule has 0 aromatic carbocycles. The van der Waals surface area contributed by atoms with Gasteiger partial charge in [0.15, 0.2) is 0 Å². The number of hydrogen-bond acceptors (Lipinski definition) is 0. The van der Waals surface area contributed by atoms with E-state index >= 15 is 0 Å². The van der Waals surface area contributed by atoms with E-state index in [1.54, 1.807) is 0 Å². The first kappa shape index (κ1) is 9.52. The second kappa shape index (κ2) is 3.90. The van der Waals surface area contributed by atoms with Crippen LogP contribution in [-0.4, -0.2) is 8.07 Å². The largest absolute Gasteiger partial charge is 0.0779 e. The Labute approximate surface area is 76.7 Å². The zero-order valence-electron chi connectivity index (χ0n) is 8.25. The monoisotopic (exact) mass is 178 g/mol. The fraction of sp³-hybridized carbons (Fsp3) is 0.455. The zero-order valence-corrected chi connectivity index (χ0v) is 9.25. The maximum Gasteiger partial charge on any atom is 0.0451 e. The van der Waals surface area contributed by atoms with Gasteiger partial charge in [0.25, 0.3) is 0 Å². The molecule has 1 heteroatoms. The van der Waals surface area contributed by atoms with E-state index in [2.05, 4.69) is 56.1 Å². The molecule has 0 aliphatic heterocycles. The summed E-state index contributed by atoms with van der Waals surface area (Å²) in [6.07, 6.45) is 13.1. The van der Waals surface area contributed by atoms with Crippen molar-refractivity contribution in [2.75, 3.05) is 0 Å². The molecule has 0 atom stereocenters. The predicted octanol–water partition coefficient (Wildman–Crippen LogP) is 3.62. The first-order chi connectivity index (χ1) is 5.58. The number of rotatable bonds is 2. The summed E-state index contributed by atoms with van der Waals surface area (Å²) in [6, 6.07) is 1.36. The van der Waals surface area contributed by atoms with Crippen LogP contribution in [0.4, 0.5) is 0 Å². The van der Waals surface area contributed by atoms with E-state index in [1.807, 2.05) is 0 Å². The van der Waals surface area contributed by atoms with Crippen LogP contribution in [0.3, 0.4) is 0 Å². The van der Waals surface area contributed by atoms with Gasteiger partial charge in [0.1, 0.15) is 0 Å². The lowest BCUT2D eigenvalue weighted by atomic mass is 10.1. The molecule has 66 valence electrons. The molecular formula is C11H18Si. The van der Waals surface area contributed by atoms with Crippen LogP contribution >= 0.6 is 0 Å². The topological polar surface area (TPSA) is 0 Å². The molecule has 0 saturated heterocycles. The van der Waals surface area contributed by atoms with Crippen molar-refractivity contribution < 1.29 is 0 Å². The summed E-state index contributed by atoms with van der Waals surface area (Å²) in [6.45, 7) is 7.27. The van der Waals surface area contributed by atoms with Crippen LogP contribution in [0.1, 0.15) is 0 Å². The summed E-state index contributed by atoms with van der Waals surface area (Å²) >= 11 is 0. The van der Waals surface area contributed by atoms with E-state index in [4.69, 9.17) is 0 Å². The zero-order chi connectivity index (χ0) is 9.03. The van der Waals surface area contributed by atoms with Crippen LogP contribution in [0.15, 0.2) is 36.5 Å². The van der Waals surface area contributed by atoms with Crippen LogP contribution in [0.5, 0.6) is 0 Å². The van der Waals surface area contributed by atoms with Crippen molar-refractivity contribution in [2.45, 2.75) is 25.7 Å². The highest BCUT2D eigenvalue weighted by Gasteiger charge is 2.16. The third kappa shape index (κ3) is 3.72. The maximum atomic E-state index is 2.42. The van der Waals surface area contributed by atoms with Gasteiger partial charge in [-0.3, -0.25) is 0 Å². The Hall–Kier alpha value is -0.563. The molecule has 1 aliphatic carbocycles. The molecule has 0 spiro atoms. The Morgan fingerprint density at radius 1 is 0.917 bits per heavy atom. The van der Waals surface area contributed by atoms with E-state index < -0.39 is 8.07 Å². The number of hydrogen-bond donors (Lipinski definition) is 0. The average molecular weight is 178 g/mol. The lowest BCUT2D eigenvalue weighted by molar-refractivity contribution is 0.913. The molecule has 0 nitrogen and oxygen atoms in total. The fourth-order valence-corrected chi connectivity index (χ4v) is 3.14. The molecule has 0 N–H and O–H groups in total. The summed E-state index contributed by atoms with van der Waals surface area (Å²) < 4.78 is 0. The Balaban J connectivity index is 2.54. The molecule has 0 fully saturated rings. The van der Waals surface area contributed by atoms with Crippen molar-refractivity contribution in [1.29, 1.82) is 0 Å². The third-order valence-corrected chi connectivity index (χ3v) is 3.59. The first-order valence-electron chi connectivity index (χ1n) is 4.60. The third-order valence-electron chi connectivity index (χ3n) is 1.90. The van der Waals surface area contributed by atoms with Crippen LogP contribution in [0, 0.1) is 5.92 Å². The van der Waals surface area contributed by atoms with Crippen molar-refractivity contribution in [3.05, 3.63) is 36.5 Å². The van der Waals surface area contributed by atoms with Gasteiger partial charge in [-0.05, 0) is 12.0 Å². The van der Waals surface area contributed by atoms with Gasteiger partial charge in [-0.25, -0.2) is 0 Å². The van der Waals surface area contributed by atoms with Crippen LogP contribution < -0.4 is 0 Å². The standard InChI is InChI=1S/C11H18Si/c1-12(2,3)10-11-8-6-4-5-7-9-11/h4-9,11H,10H2,1-3H3. The summed E-state index contributed by atoms with van der Waals surface area (Å²) in [4.78, 5) is 0. The Kier molecular flexibility index (Phi) is 3.10. The molecule has 1 rings (SSSR count). The molecule has 0 bridgehead atoms. The highest BCUT2D eigenvalue weighted by atomic mass is 28.3. The van der Waals surface area contributed by atoms with Crippen molar-refractivity contribution in [3.8, 4) is 0 Å². The second-order valence-corrected chi connectivity index (χ2v) is 10.1. The summed E-state index contributed by atoms with van der Waals surface area (Å²) in [5, 5.41) is 0. The van der Waals surface area contributed by atoms with E-state index in [-0.39, 0.29) is 0 Å². The normalized spacial score (nSPS) is 18.2. The van der Waals surface area contributed by atoms with Gasteiger partial charge >= 0.3 is 0 Å². The van der Waals surface area contributed by atoms with Gasteiger partial charge in [-0.2, -0.15) is 0 Å². The molecule has 0 aromatic rings. The Morgan fingerprint density at radius 3 is 1.83 bits per heavy atom. The summed E-state index contributed by atoms with van der Waals surface area (Å²) in [5.41, 5.74) is 0. The van der Waals surface area contributed by atoms with E-state index in [9.17, 15) is 0 Å². The molecule has 12 heavy (non-hydrogen) atoms. The molecule has 0 unspecified atom stereocenters. The van der Waals surface area contributed by atoms with Gasteiger partial charge in [0.2, 0.25) is 0 Å². The van der Waals surface area contributed by atoms with E-state index in [1.165, 1.54) is 6.04 Å². The van der Waals surface area contributed by atoms with Crippen LogP contribution in [-0.2, 0) is 0 Å². The van der Waals surface area contributed by atoms with Gasteiger partial charge in [0, 0.05) is 8.07 Å². The van der Waals surface area contributed by atoms with E-state index in [0.717, 1.165) is 0 Å². The second-order valence-electron chi connectivity index (χ2n) is 4.58. The summed E-state index contributed by atoms with van der Waals surface area (Å²) in [7, 11) is -0.897. The molecule has 0 saturated carbocycles. The molecule has 0 aromatic heterocycles. The fourth-order valence-electron chi connectivity index (χ4n) is 1.45. The minimum absolute atomic E-state index is 0.673. The van der Waals surface area contributed by atoms with Crippen molar-refractivity contribution in [2.24, 2.45) is 5.92 Å². The van der Waals surface area contributed by atoms with Gasteiger partial charge < -0.3 is 0 Å². The smallest absolute Gasteiger partial charge is 0.0451 e. The maximum absolute atomic E-state index is 2.42. The SMILES string of the molecule is C[Si](C)(C)CC1C=CC=CC=C1. The minimum Gasteiger partial charge on any atom is -0.0779 e. The lowest BCUT2D eigenvalue weighted by Crippen LogP contribution is -2.22. The predicted molar refractivity (Wildman–Crippen MR) is 59.1 cm³/mol. The van der Waals surface area contributed by atoms with Gasteiger partial charge in [0.05, 0.1) is 0 Å². The number of allylic oxidation sites excluding steroid dienone is 6. The molecule has 0 heterocycles. The average Bonchev–Trinajstić information content (AvgIpc) is 2.12. The Morgan fingerprint density at radius 2 is 1.42 bits per heavy atom. The minimum atomic E-state index is -0.897. The Bertz CT molecular complexity index is 200. The van der Waals surface area contributed by atoms with E-state index in [0.29, 0.717) is 5.92 Å². The van der Waals surface area contributed by atoms with Crippen LogP contribution in [0.2, 0.25) is 25.7 Å².